The van der Waals surface area contributed by atoms with Crippen molar-refractivity contribution in [2.24, 2.45) is 0 Å². The third kappa shape index (κ3) is 3.92. The van der Waals surface area contributed by atoms with Gasteiger partial charge in [0.2, 0.25) is 11.8 Å². The lowest BCUT2D eigenvalue weighted by atomic mass is 9.98. The van der Waals surface area contributed by atoms with Gasteiger partial charge in [0.25, 0.3) is 0 Å². The highest BCUT2D eigenvalue weighted by Gasteiger charge is 2.19. The van der Waals surface area contributed by atoms with Gasteiger partial charge in [-0.25, -0.2) is 0 Å². The fraction of sp³-hybridized carbons (Fsp3) is 0.444. The van der Waals surface area contributed by atoms with Gasteiger partial charge in [0, 0.05) is 0 Å². The SMILES string of the molecule is Cc1cc(C)cc(Oc2ncnc(OC3CCCCC3)c2N)c1. The van der Waals surface area contributed by atoms with Crippen LogP contribution in [0.4, 0.5) is 5.69 Å². The van der Waals surface area contributed by atoms with Crippen LogP contribution in [-0.4, -0.2) is 16.1 Å². The molecular weight excluding hydrogens is 290 g/mol. The molecule has 1 aromatic heterocycles. The normalized spacial score (nSPS) is 15.4. The number of hydrogen-bond acceptors (Lipinski definition) is 5. The van der Waals surface area contributed by atoms with Crippen molar-refractivity contribution >= 4 is 5.69 Å². The Hall–Kier alpha value is -2.30. The molecule has 0 radical (unpaired) electrons. The molecule has 1 aliphatic rings. The van der Waals surface area contributed by atoms with E-state index in [-0.39, 0.29) is 6.10 Å². The van der Waals surface area contributed by atoms with E-state index in [1.165, 1.54) is 25.6 Å². The molecule has 0 atom stereocenters. The van der Waals surface area contributed by atoms with Crippen LogP contribution in [0.15, 0.2) is 24.5 Å². The number of ether oxygens (including phenoxy) is 2. The third-order valence-corrected chi connectivity index (χ3v) is 4.05. The fourth-order valence-corrected chi connectivity index (χ4v) is 2.98. The maximum absolute atomic E-state index is 6.15. The van der Waals surface area contributed by atoms with E-state index in [0.29, 0.717) is 17.4 Å². The predicted octanol–water partition coefficient (Wildman–Crippen LogP) is 4.18. The summed E-state index contributed by atoms with van der Waals surface area (Å²) in [4.78, 5) is 8.32. The number of nitrogens with zero attached hydrogens (tertiary/aromatic N) is 2. The zero-order valence-corrected chi connectivity index (χ0v) is 13.7. The molecule has 0 aliphatic heterocycles. The molecule has 1 heterocycles. The van der Waals surface area contributed by atoms with Crippen molar-refractivity contribution < 1.29 is 9.47 Å². The van der Waals surface area contributed by atoms with Crippen LogP contribution in [0.3, 0.4) is 0 Å². The van der Waals surface area contributed by atoms with Crippen LogP contribution in [0.2, 0.25) is 0 Å². The summed E-state index contributed by atoms with van der Waals surface area (Å²) in [6.45, 7) is 4.06. The quantitative estimate of drug-likeness (QED) is 0.917. The minimum Gasteiger partial charge on any atom is -0.473 e. The molecule has 0 saturated heterocycles. The van der Waals surface area contributed by atoms with E-state index in [1.807, 2.05) is 26.0 Å². The first-order valence-corrected chi connectivity index (χ1v) is 8.15. The number of anilines is 1. The van der Waals surface area contributed by atoms with Gasteiger partial charge >= 0.3 is 0 Å². The molecule has 1 aromatic carbocycles. The summed E-state index contributed by atoms with van der Waals surface area (Å²) in [7, 11) is 0. The summed E-state index contributed by atoms with van der Waals surface area (Å²) < 4.78 is 11.8. The highest BCUT2D eigenvalue weighted by atomic mass is 16.5. The van der Waals surface area contributed by atoms with Crippen molar-refractivity contribution in [3.8, 4) is 17.5 Å². The first-order valence-electron chi connectivity index (χ1n) is 8.15. The van der Waals surface area contributed by atoms with Crippen LogP contribution in [0.25, 0.3) is 0 Å². The number of nitrogen functional groups attached to an aromatic ring is 1. The Labute approximate surface area is 136 Å². The van der Waals surface area contributed by atoms with Gasteiger partial charge in [-0.15, -0.1) is 0 Å². The van der Waals surface area contributed by atoms with Crippen LogP contribution in [0.1, 0.15) is 43.2 Å². The molecule has 5 heteroatoms. The van der Waals surface area contributed by atoms with E-state index in [2.05, 4.69) is 16.0 Å². The highest BCUT2D eigenvalue weighted by Crippen LogP contribution is 2.33. The summed E-state index contributed by atoms with van der Waals surface area (Å²) in [5.41, 5.74) is 8.77. The number of aryl methyl sites for hydroxylation is 2. The maximum atomic E-state index is 6.15. The minimum atomic E-state index is 0.190. The lowest BCUT2D eigenvalue weighted by molar-refractivity contribution is 0.149. The van der Waals surface area contributed by atoms with Crippen molar-refractivity contribution in [2.75, 3.05) is 5.73 Å². The van der Waals surface area contributed by atoms with E-state index < -0.39 is 0 Å². The third-order valence-electron chi connectivity index (χ3n) is 4.05. The zero-order chi connectivity index (χ0) is 16.2. The lowest BCUT2D eigenvalue weighted by Crippen LogP contribution is -2.21. The Morgan fingerprint density at radius 3 is 2.30 bits per heavy atom. The number of rotatable bonds is 4. The molecule has 1 aliphatic carbocycles. The average molecular weight is 313 g/mol. The Balaban J connectivity index is 1.78. The molecule has 0 spiro atoms. The largest absolute Gasteiger partial charge is 0.473 e. The summed E-state index contributed by atoms with van der Waals surface area (Å²) in [6, 6.07) is 6.00. The van der Waals surface area contributed by atoms with Crippen molar-refractivity contribution in [1.82, 2.24) is 9.97 Å². The number of aromatic nitrogens is 2. The van der Waals surface area contributed by atoms with Crippen molar-refractivity contribution in [2.45, 2.75) is 52.1 Å². The second-order valence-electron chi connectivity index (χ2n) is 6.20. The van der Waals surface area contributed by atoms with Crippen molar-refractivity contribution in [1.29, 1.82) is 0 Å². The summed E-state index contributed by atoms with van der Waals surface area (Å²) in [5.74, 6) is 1.48. The molecule has 23 heavy (non-hydrogen) atoms. The van der Waals surface area contributed by atoms with Gasteiger partial charge in [-0.2, -0.15) is 9.97 Å². The molecule has 122 valence electrons. The van der Waals surface area contributed by atoms with Gasteiger partial charge in [0.05, 0.1) is 0 Å². The van der Waals surface area contributed by atoms with Gasteiger partial charge in [0.15, 0.2) is 5.69 Å². The molecule has 3 rings (SSSR count). The Morgan fingerprint density at radius 1 is 0.957 bits per heavy atom. The lowest BCUT2D eigenvalue weighted by Gasteiger charge is -2.23. The Morgan fingerprint density at radius 2 is 1.61 bits per heavy atom. The molecule has 0 amide bonds. The van der Waals surface area contributed by atoms with Gasteiger partial charge in [-0.1, -0.05) is 12.5 Å². The molecule has 0 bridgehead atoms. The van der Waals surface area contributed by atoms with Gasteiger partial charge in [-0.3, -0.25) is 0 Å². The second-order valence-corrected chi connectivity index (χ2v) is 6.20. The van der Waals surface area contributed by atoms with Gasteiger partial charge in [-0.05, 0) is 62.8 Å². The minimum absolute atomic E-state index is 0.190. The summed E-state index contributed by atoms with van der Waals surface area (Å²) in [6.07, 6.45) is 7.40. The monoisotopic (exact) mass is 313 g/mol. The van der Waals surface area contributed by atoms with Crippen molar-refractivity contribution in [3.05, 3.63) is 35.7 Å². The topological polar surface area (TPSA) is 70.3 Å². The zero-order valence-electron chi connectivity index (χ0n) is 13.7. The average Bonchev–Trinajstić information content (AvgIpc) is 2.51. The first-order chi connectivity index (χ1) is 11.1. The summed E-state index contributed by atoms with van der Waals surface area (Å²) >= 11 is 0. The molecule has 1 fully saturated rings. The molecular formula is C18H23N3O2. The smallest absolute Gasteiger partial charge is 0.249 e. The van der Waals surface area contributed by atoms with Crippen molar-refractivity contribution in [3.63, 3.8) is 0 Å². The fourth-order valence-electron chi connectivity index (χ4n) is 2.98. The van der Waals surface area contributed by atoms with Gasteiger partial charge in [0.1, 0.15) is 18.2 Å². The van der Waals surface area contributed by atoms with Crippen LogP contribution in [0.5, 0.6) is 17.5 Å². The number of nitrogens with two attached hydrogens (primary N) is 1. The first kappa shape index (κ1) is 15.6. The Kier molecular flexibility index (Phi) is 4.65. The van der Waals surface area contributed by atoms with Crippen LogP contribution in [0, 0.1) is 13.8 Å². The predicted molar refractivity (Wildman–Crippen MR) is 89.9 cm³/mol. The van der Waals surface area contributed by atoms with E-state index in [4.69, 9.17) is 15.2 Å². The van der Waals surface area contributed by atoms with E-state index in [9.17, 15) is 0 Å². The maximum Gasteiger partial charge on any atom is 0.249 e. The number of benzene rings is 1. The van der Waals surface area contributed by atoms with E-state index >= 15 is 0 Å². The molecule has 2 N–H and O–H groups in total. The molecule has 1 saturated carbocycles. The highest BCUT2D eigenvalue weighted by molar-refractivity contribution is 5.57. The molecule has 5 nitrogen and oxygen atoms in total. The molecule has 2 aromatic rings. The number of hydrogen-bond donors (Lipinski definition) is 1. The van der Waals surface area contributed by atoms with E-state index in [0.717, 1.165) is 29.7 Å². The van der Waals surface area contributed by atoms with E-state index in [1.54, 1.807) is 0 Å². The second kappa shape index (κ2) is 6.86. The van der Waals surface area contributed by atoms with Gasteiger partial charge < -0.3 is 15.2 Å². The standard InChI is InChI=1S/C18H23N3O2/c1-12-8-13(2)10-15(9-12)23-18-16(19)17(20-11-21-18)22-14-6-4-3-5-7-14/h8-11,14H,3-7,19H2,1-2H3. The Bertz CT molecular complexity index is 662. The van der Waals surface area contributed by atoms with Crippen LogP contribution in [-0.2, 0) is 0 Å². The molecule has 0 unspecified atom stereocenters. The van der Waals surface area contributed by atoms with Crippen LogP contribution < -0.4 is 15.2 Å². The van der Waals surface area contributed by atoms with Crippen LogP contribution >= 0.6 is 0 Å². The summed E-state index contributed by atoms with van der Waals surface area (Å²) in [5, 5.41) is 0.